The number of hydrogen-bond acceptors (Lipinski definition) is 11. The zero-order chi connectivity index (χ0) is 32.3. The smallest absolute Gasteiger partial charge is 0.352 e. The molecule has 45 heavy (non-hydrogen) atoms. The van der Waals surface area contributed by atoms with E-state index < -0.39 is 46.9 Å². The second-order valence-electron chi connectivity index (χ2n) is 9.95. The van der Waals surface area contributed by atoms with Crippen molar-refractivity contribution < 1.29 is 47.8 Å². The Labute approximate surface area is 260 Å². The molecule has 2 fully saturated rings. The van der Waals surface area contributed by atoms with Gasteiger partial charge in [-0.2, -0.15) is 5.10 Å². The normalized spacial score (nSPS) is 21.1. The zero-order valence-electron chi connectivity index (χ0n) is 24.1. The van der Waals surface area contributed by atoms with Gasteiger partial charge in [-0.1, -0.05) is 18.2 Å². The molecule has 2 aromatic rings. The van der Waals surface area contributed by atoms with Gasteiger partial charge in [-0.05, 0) is 23.8 Å². The summed E-state index contributed by atoms with van der Waals surface area (Å²) in [6, 6.07) is 8.41. The minimum Gasteiger partial charge on any atom is -0.477 e. The van der Waals surface area contributed by atoms with Crippen LogP contribution in [0.15, 0.2) is 63.5 Å². The number of aliphatic carboxylic acids is 1. The van der Waals surface area contributed by atoms with Crippen LogP contribution in [-0.4, -0.2) is 106 Å². The summed E-state index contributed by atoms with van der Waals surface area (Å²) in [5, 5.41) is 19.3. The zero-order valence-corrected chi connectivity index (χ0v) is 24.9. The number of ether oxygens (including phenoxy) is 2. The summed E-state index contributed by atoms with van der Waals surface area (Å²) in [7, 11) is 1.22. The van der Waals surface area contributed by atoms with E-state index in [1.54, 1.807) is 36.4 Å². The van der Waals surface area contributed by atoms with Gasteiger partial charge in [-0.15, -0.1) is 11.8 Å². The number of carbonyl (C=O) groups is 6. The van der Waals surface area contributed by atoms with Crippen molar-refractivity contribution in [1.29, 1.82) is 0 Å². The third-order valence-corrected chi connectivity index (χ3v) is 8.49. The second kappa shape index (κ2) is 12.8. The maximum absolute atomic E-state index is 13.3. The maximum Gasteiger partial charge on any atom is 0.352 e. The lowest BCUT2D eigenvalue weighted by Crippen LogP contribution is -2.80. The number of hydrazone groups is 1. The van der Waals surface area contributed by atoms with E-state index in [4.69, 9.17) is 13.9 Å². The molecule has 4 heterocycles. The highest BCUT2D eigenvalue weighted by molar-refractivity contribution is 8.00. The van der Waals surface area contributed by atoms with E-state index in [1.165, 1.54) is 26.5 Å². The van der Waals surface area contributed by atoms with Crippen molar-refractivity contribution in [1.82, 2.24) is 20.1 Å². The molecule has 0 saturated carbocycles. The summed E-state index contributed by atoms with van der Waals surface area (Å²) in [4.78, 5) is 77.6. The number of β-lactam (4-membered cyclic amide) rings is 1. The number of carboxylic acid groups (broad SMARTS) is 1. The van der Waals surface area contributed by atoms with Crippen molar-refractivity contribution in [3.8, 4) is 0 Å². The number of esters is 1. The largest absolute Gasteiger partial charge is 0.477 e. The van der Waals surface area contributed by atoms with Gasteiger partial charge in [0, 0.05) is 31.0 Å². The standard InChI is InChI=1S/C28H28N6O10S/c1-16(35)44-14-18-15-45-25-28(42-2,24(39)34(25)22(18)23(37)38)31-21(36)12-17-6-3-4-8-20(17)30-26(40)32-9-10-33(27(32)41)29-13-19-7-5-11-43-19/h3-8,11,13,25H,9-10,12,14-15H2,1-2H3,(H,30,40)(H,31,36)(H,37,38)/b29-13+/t25-,28?/m1/s1. The number of urea groups is 2. The molecule has 0 aliphatic carbocycles. The molecule has 1 aromatic carbocycles. The van der Waals surface area contributed by atoms with Crippen LogP contribution in [0.5, 0.6) is 0 Å². The lowest BCUT2D eigenvalue weighted by atomic mass is 9.97. The number of imide groups is 1. The lowest BCUT2D eigenvalue weighted by molar-refractivity contribution is -0.192. The minimum atomic E-state index is -1.85. The first kappa shape index (κ1) is 31.3. The Bertz CT molecular complexity index is 1610. The van der Waals surface area contributed by atoms with Crippen LogP contribution in [0.4, 0.5) is 15.3 Å². The van der Waals surface area contributed by atoms with Crippen LogP contribution in [-0.2, 0) is 35.1 Å². The molecular weight excluding hydrogens is 612 g/mol. The molecule has 2 saturated heterocycles. The SMILES string of the molecule is COC1(NC(=O)Cc2ccccc2NC(=O)N2CCN(/N=C/c3ccco3)C2=O)C(=O)N2C(C(=O)O)=C(COC(C)=O)CS[C@@H]21. The Balaban J connectivity index is 1.24. The van der Waals surface area contributed by atoms with Crippen molar-refractivity contribution in [3.05, 3.63) is 65.3 Å². The Morgan fingerprint density at radius 1 is 1.18 bits per heavy atom. The highest BCUT2D eigenvalue weighted by atomic mass is 32.2. The number of amides is 6. The topological polar surface area (TPSA) is 200 Å². The van der Waals surface area contributed by atoms with Crippen LogP contribution >= 0.6 is 11.8 Å². The number of benzene rings is 1. The summed E-state index contributed by atoms with van der Waals surface area (Å²) in [6.45, 7) is 1.13. The molecule has 236 valence electrons. The molecule has 2 atom stereocenters. The molecular formula is C28H28N6O10S. The Morgan fingerprint density at radius 2 is 1.96 bits per heavy atom. The monoisotopic (exact) mass is 640 g/mol. The maximum atomic E-state index is 13.3. The van der Waals surface area contributed by atoms with Crippen LogP contribution < -0.4 is 10.6 Å². The fourth-order valence-electron chi connectivity index (χ4n) is 4.96. The van der Waals surface area contributed by atoms with Gasteiger partial charge in [-0.25, -0.2) is 24.3 Å². The van der Waals surface area contributed by atoms with Crippen molar-refractivity contribution in [3.63, 3.8) is 0 Å². The van der Waals surface area contributed by atoms with E-state index in [-0.39, 0.29) is 48.8 Å². The van der Waals surface area contributed by atoms with Crippen molar-refractivity contribution >= 4 is 59.5 Å². The number of thioether (sulfide) groups is 1. The number of methoxy groups -OCH3 is 1. The summed E-state index contributed by atoms with van der Waals surface area (Å²) in [6.07, 6.45) is 2.53. The van der Waals surface area contributed by atoms with Gasteiger partial charge in [0.15, 0.2) is 0 Å². The quantitative estimate of drug-likeness (QED) is 0.147. The highest BCUT2D eigenvalue weighted by Gasteiger charge is 2.66. The van der Waals surface area contributed by atoms with Crippen LogP contribution in [0.2, 0.25) is 0 Å². The molecule has 0 spiro atoms. The average Bonchev–Trinajstić information content (AvgIpc) is 3.67. The Morgan fingerprint density at radius 3 is 2.64 bits per heavy atom. The van der Waals surface area contributed by atoms with Crippen LogP contribution in [0, 0.1) is 0 Å². The van der Waals surface area contributed by atoms with Crippen LogP contribution in [0.3, 0.4) is 0 Å². The molecule has 17 heteroatoms. The number of anilines is 1. The van der Waals surface area contributed by atoms with Crippen molar-refractivity contribution in [2.24, 2.45) is 5.10 Å². The van der Waals surface area contributed by atoms with Gasteiger partial charge in [-0.3, -0.25) is 19.3 Å². The molecule has 1 aromatic heterocycles. The first-order valence-electron chi connectivity index (χ1n) is 13.5. The fourth-order valence-corrected chi connectivity index (χ4v) is 6.38. The average molecular weight is 641 g/mol. The number of carbonyl (C=O) groups excluding carboxylic acids is 5. The summed E-state index contributed by atoms with van der Waals surface area (Å²) < 4.78 is 15.6. The predicted octanol–water partition coefficient (Wildman–Crippen LogP) is 1.40. The number of nitrogens with one attached hydrogen (secondary N) is 2. The van der Waals surface area contributed by atoms with E-state index in [0.717, 1.165) is 26.6 Å². The van der Waals surface area contributed by atoms with Crippen molar-refractivity contribution in [2.75, 3.05) is 37.9 Å². The molecule has 6 amide bonds. The number of hydrogen-bond donors (Lipinski definition) is 3. The molecule has 0 radical (unpaired) electrons. The first-order valence-corrected chi connectivity index (χ1v) is 14.6. The molecule has 3 aliphatic heterocycles. The third-order valence-electron chi connectivity index (χ3n) is 7.12. The summed E-state index contributed by atoms with van der Waals surface area (Å²) in [5.74, 6) is -2.89. The lowest BCUT2D eigenvalue weighted by Gasteiger charge is -2.55. The van der Waals surface area contributed by atoms with Crippen molar-refractivity contribution in [2.45, 2.75) is 24.4 Å². The van der Waals surface area contributed by atoms with E-state index in [0.29, 0.717) is 11.3 Å². The van der Waals surface area contributed by atoms with Gasteiger partial charge >= 0.3 is 24.0 Å². The van der Waals surface area contributed by atoms with E-state index in [9.17, 15) is 33.9 Å². The molecule has 0 bridgehead atoms. The van der Waals surface area contributed by atoms with Gasteiger partial charge in [0.2, 0.25) is 5.91 Å². The van der Waals surface area contributed by atoms with E-state index in [1.807, 2.05) is 0 Å². The van der Waals surface area contributed by atoms with Crippen LogP contribution in [0.25, 0.3) is 0 Å². The molecule has 1 unspecified atom stereocenters. The van der Waals surface area contributed by atoms with Gasteiger partial charge in [0.1, 0.15) is 23.4 Å². The Kier molecular flexibility index (Phi) is 8.92. The number of fused-ring (bicyclic) bond motifs is 1. The number of rotatable bonds is 10. The predicted molar refractivity (Wildman–Crippen MR) is 157 cm³/mol. The molecule has 3 aliphatic rings. The summed E-state index contributed by atoms with van der Waals surface area (Å²) in [5.41, 5.74) is -1.31. The number of para-hydroxylation sites is 1. The third kappa shape index (κ3) is 6.12. The highest BCUT2D eigenvalue weighted by Crippen LogP contribution is 2.46. The van der Waals surface area contributed by atoms with Gasteiger partial charge in [0.25, 0.3) is 11.6 Å². The molecule has 5 rings (SSSR count). The van der Waals surface area contributed by atoms with Crippen LogP contribution in [0.1, 0.15) is 18.2 Å². The fraction of sp³-hybridized carbons (Fsp3) is 0.321. The Hall–Kier alpha value is -5.16. The molecule has 3 N–H and O–H groups in total. The number of nitrogens with zero attached hydrogens (tertiary/aromatic N) is 4. The van der Waals surface area contributed by atoms with Gasteiger partial charge in [0.05, 0.1) is 32.0 Å². The van der Waals surface area contributed by atoms with E-state index in [2.05, 4.69) is 15.7 Å². The van der Waals surface area contributed by atoms with E-state index >= 15 is 0 Å². The van der Waals surface area contributed by atoms with Gasteiger partial charge < -0.3 is 29.6 Å². The number of carboxylic acids is 1. The number of furan rings is 1. The first-order chi connectivity index (χ1) is 21.6. The minimum absolute atomic E-state index is 0.0756. The second-order valence-corrected chi connectivity index (χ2v) is 11.0. The summed E-state index contributed by atoms with van der Waals surface area (Å²) >= 11 is 1.15. The molecule has 16 nitrogen and oxygen atoms in total.